The van der Waals surface area contributed by atoms with Gasteiger partial charge in [-0.2, -0.15) is 4.31 Å². The van der Waals surface area contributed by atoms with E-state index in [0.29, 0.717) is 30.1 Å². The number of anilines is 1. The van der Waals surface area contributed by atoms with E-state index < -0.39 is 10.0 Å². The first-order valence-corrected chi connectivity index (χ1v) is 9.45. The molecule has 0 aliphatic heterocycles. The lowest BCUT2D eigenvalue weighted by Gasteiger charge is -2.20. The molecule has 0 radical (unpaired) electrons. The number of carbonyl (C=O) groups excluding carboxylic acids is 1. The van der Waals surface area contributed by atoms with Gasteiger partial charge < -0.3 is 9.73 Å². The number of nitrogens with zero attached hydrogens (tertiary/aromatic N) is 1. The zero-order valence-corrected chi connectivity index (χ0v) is 15.3. The van der Waals surface area contributed by atoms with E-state index in [1.54, 1.807) is 45.0 Å². The van der Waals surface area contributed by atoms with E-state index in [1.807, 2.05) is 0 Å². The molecule has 1 N–H and O–H groups in total. The third kappa shape index (κ3) is 4.58. The first-order chi connectivity index (χ1) is 11.9. The molecule has 0 saturated heterocycles. The number of amides is 1. The van der Waals surface area contributed by atoms with Gasteiger partial charge in [0.15, 0.2) is 0 Å². The number of hydrogen-bond donors (Lipinski definition) is 1. The van der Waals surface area contributed by atoms with Crippen molar-refractivity contribution >= 4 is 27.7 Å². The monoisotopic (exact) mass is 362 g/mol. The third-order valence-electron chi connectivity index (χ3n) is 3.72. The predicted octanol–water partition coefficient (Wildman–Crippen LogP) is 3.27. The molecule has 0 unspecified atom stereocenters. The molecule has 6 nitrogen and oxygen atoms in total. The van der Waals surface area contributed by atoms with Crippen molar-refractivity contribution in [1.29, 1.82) is 0 Å². The Bertz CT molecular complexity index is 851. The lowest BCUT2D eigenvalue weighted by Crippen LogP contribution is -2.31. The van der Waals surface area contributed by atoms with Crippen LogP contribution in [0.3, 0.4) is 0 Å². The quantitative estimate of drug-likeness (QED) is 0.767. The van der Waals surface area contributed by atoms with Crippen LogP contribution >= 0.6 is 0 Å². The van der Waals surface area contributed by atoms with Gasteiger partial charge in [-0.3, -0.25) is 4.79 Å². The van der Waals surface area contributed by atoms with E-state index in [4.69, 9.17) is 4.42 Å². The molecule has 25 heavy (non-hydrogen) atoms. The highest BCUT2D eigenvalue weighted by Gasteiger charge is 2.23. The van der Waals surface area contributed by atoms with E-state index in [9.17, 15) is 13.2 Å². The Morgan fingerprint density at radius 1 is 1.24 bits per heavy atom. The largest absolute Gasteiger partial charge is 0.465 e. The van der Waals surface area contributed by atoms with E-state index in [1.165, 1.54) is 28.8 Å². The number of carbonyl (C=O) groups is 1. The molecule has 0 atom stereocenters. The van der Waals surface area contributed by atoms with Crippen LogP contribution in [0.2, 0.25) is 0 Å². The van der Waals surface area contributed by atoms with Crippen molar-refractivity contribution < 1.29 is 17.6 Å². The number of nitrogens with one attached hydrogen (secondary N) is 1. The molecule has 134 valence electrons. The van der Waals surface area contributed by atoms with Gasteiger partial charge in [0, 0.05) is 24.9 Å². The smallest absolute Gasteiger partial charge is 0.248 e. The number of hydrogen-bond acceptors (Lipinski definition) is 4. The summed E-state index contributed by atoms with van der Waals surface area (Å²) >= 11 is 0. The van der Waals surface area contributed by atoms with Gasteiger partial charge in [-0.1, -0.05) is 19.9 Å². The molecule has 0 aliphatic rings. The van der Waals surface area contributed by atoms with Gasteiger partial charge in [-0.15, -0.1) is 0 Å². The molecule has 2 aromatic rings. The van der Waals surface area contributed by atoms with Crippen LogP contribution in [0.4, 0.5) is 5.69 Å². The van der Waals surface area contributed by atoms with Crippen LogP contribution in [0, 0.1) is 6.92 Å². The highest BCUT2D eigenvalue weighted by Crippen LogP contribution is 2.23. The number of rotatable bonds is 7. The molecular weight excluding hydrogens is 340 g/mol. The number of aryl methyl sites for hydroxylation is 1. The second kappa shape index (κ2) is 8.13. The standard InChI is InChI=1S/C18H22N2O4S/c1-4-20(5-2)25(22,23)17-13-15(9-8-14(17)3)19-18(21)11-10-16-7-6-12-24-16/h6-13H,4-5H2,1-3H3,(H,19,21)/b11-10+. The number of sulfonamides is 1. The zero-order valence-electron chi connectivity index (χ0n) is 14.5. The summed E-state index contributed by atoms with van der Waals surface area (Å²) in [5, 5.41) is 2.67. The Balaban J connectivity index is 2.22. The van der Waals surface area contributed by atoms with Gasteiger partial charge in [0.05, 0.1) is 11.2 Å². The number of furan rings is 1. The molecule has 0 fully saturated rings. The minimum absolute atomic E-state index is 0.198. The molecule has 2 rings (SSSR count). The van der Waals surface area contributed by atoms with Gasteiger partial charge in [-0.25, -0.2) is 8.42 Å². The normalized spacial score (nSPS) is 12.0. The Kier molecular flexibility index (Phi) is 6.17. The molecule has 1 aromatic carbocycles. The second-order valence-electron chi connectivity index (χ2n) is 5.41. The third-order valence-corrected chi connectivity index (χ3v) is 5.91. The average Bonchev–Trinajstić information content (AvgIpc) is 3.09. The Hall–Kier alpha value is -2.38. The van der Waals surface area contributed by atoms with E-state index in [0.717, 1.165) is 0 Å². The second-order valence-corrected chi connectivity index (χ2v) is 7.31. The molecule has 7 heteroatoms. The first kappa shape index (κ1) is 19.0. The molecule has 0 saturated carbocycles. The van der Waals surface area contributed by atoms with Gasteiger partial charge in [0.25, 0.3) is 0 Å². The van der Waals surface area contributed by atoms with Crippen molar-refractivity contribution in [2.75, 3.05) is 18.4 Å². The van der Waals surface area contributed by atoms with Gasteiger partial charge in [0.1, 0.15) is 5.76 Å². The van der Waals surface area contributed by atoms with Crippen molar-refractivity contribution in [2.24, 2.45) is 0 Å². The molecule has 0 bridgehead atoms. The maximum Gasteiger partial charge on any atom is 0.248 e. The summed E-state index contributed by atoms with van der Waals surface area (Å²) in [6.07, 6.45) is 4.39. The topological polar surface area (TPSA) is 79.6 Å². The minimum atomic E-state index is -3.59. The summed E-state index contributed by atoms with van der Waals surface area (Å²) < 4.78 is 31.9. The Morgan fingerprint density at radius 2 is 1.96 bits per heavy atom. The van der Waals surface area contributed by atoms with Crippen molar-refractivity contribution in [2.45, 2.75) is 25.7 Å². The summed E-state index contributed by atoms with van der Waals surface area (Å²) in [6, 6.07) is 8.30. The fourth-order valence-corrected chi connectivity index (χ4v) is 4.10. The predicted molar refractivity (Wildman–Crippen MR) is 97.7 cm³/mol. The SMILES string of the molecule is CCN(CC)S(=O)(=O)c1cc(NC(=O)/C=C/c2ccco2)ccc1C. The van der Waals surface area contributed by atoms with E-state index >= 15 is 0 Å². The molecule has 1 aromatic heterocycles. The van der Waals surface area contributed by atoms with Gasteiger partial charge in [0.2, 0.25) is 15.9 Å². The van der Waals surface area contributed by atoms with E-state index in [-0.39, 0.29) is 10.8 Å². The highest BCUT2D eigenvalue weighted by atomic mass is 32.2. The maximum absolute atomic E-state index is 12.7. The summed E-state index contributed by atoms with van der Waals surface area (Å²) in [5.74, 6) is 0.190. The first-order valence-electron chi connectivity index (χ1n) is 8.01. The lowest BCUT2D eigenvalue weighted by molar-refractivity contribution is -0.111. The molecule has 0 aliphatic carbocycles. The van der Waals surface area contributed by atoms with Crippen LogP contribution < -0.4 is 5.32 Å². The van der Waals surface area contributed by atoms with Crippen molar-refractivity contribution in [3.8, 4) is 0 Å². The van der Waals surface area contributed by atoms with E-state index in [2.05, 4.69) is 5.32 Å². The van der Waals surface area contributed by atoms with Crippen LogP contribution in [0.25, 0.3) is 6.08 Å². The maximum atomic E-state index is 12.7. The average molecular weight is 362 g/mol. The molecular formula is C18H22N2O4S. The van der Waals surface area contributed by atoms with Crippen LogP contribution in [0.1, 0.15) is 25.2 Å². The van der Waals surface area contributed by atoms with Crippen molar-refractivity contribution in [3.63, 3.8) is 0 Å². The van der Waals surface area contributed by atoms with Gasteiger partial charge >= 0.3 is 0 Å². The number of benzene rings is 1. The summed E-state index contributed by atoms with van der Waals surface area (Å²) in [7, 11) is -3.59. The zero-order chi connectivity index (χ0) is 18.4. The minimum Gasteiger partial charge on any atom is -0.465 e. The van der Waals surface area contributed by atoms with Crippen molar-refractivity contribution in [1.82, 2.24) is 4.31 Å². The van der Waals surface area contributed by atoms with Crippen LogP contribution in [-0.2, 0) is 14.8 Å². The molecule has 1 heterocycles. The van der Waals surface area contributed by atoms with Crippen molar-refractivity contribution in [3.05, 3.63) is 54.0 Å². The molecule has 0 spiro atoms. The lowest BCUT2D eigenvalue weighted by atomic mass is 10.2. The molecule has 1 amide bonds. The summed E-state index contributed by atoms with van der Waals surface area (Å²) in [5.41, 5.74) is 1.06. The summed E-state index contributed by atoms with van der Waals surface area (Å²) in [4.78, 5) is 12.2. The fraction of sp³-hybridized carbons (Fsp3) is 0.278. The fourth-order valence-electron chi connectivity index (χ4n) is 2.39. The van der Waals surface area contributed by atoms with Gasteiger partial charge in [-0.05, 0) is 42.8 Å². The highest BCUT2D eigenvalue weighted by molar-refractivity contribution is 7.89. The Labute approximate surface area is 148 Å². The summed E-state index contributed by atoms with van der Waals surface area (Å²) in [6.45, 7) is 6.10. The van der Waals surface area contributed by atoms with Crippen LogP contribution in [0.5, 0.6) is 0 Å². The van der Waals surface area contributed by atoms with Crippen LogP contribution in [-0.4, -0.2) is 31.7 Å². The Morgan fingerprint density at radius 3 is 2.56 bits per heavy atom. The van der Waals surface area contributed by atoms with Crippen LogP contribution in [0.15, 0.2) is 52.0 Å².